The molecule has 0 unspecified atom stereocenters. The second kappa shape index (κ2) is 4.35. The average molecular weight is 176 g/mol. The summed E-state index contributed by atoms with van der Waals surface area (Å²) in [7, 11) is 0. The molecule has 1 heterocycles. The largest absolute Gasteiger partial charge is 0.368 e. The Balaban J connectivity index is 2.99. The van der Waals surface area contributed by atoms with Crippen LogP contribution in [0.2, 0.25) is 0 Å². The first-order valence-electron chi connectivity index (χ1n) is 4.02. The molecule has 0 aromatic carbocycles. The van der Waals surface area contributed by atoms with Crippen LogP contribution in [0.25, 0.3) is 5.70 Å². The number of nitrogens with two attached hydrogens (primary N) is 1. The monoisotopic (exact) mass is 176 g/mol. The van der Waals surface area contributed by atoms with E-state index in [1.54, 1.807) is 12.4 Å². The van der Waals surface area contributed by atoms with Crippen LogP contribution in [-0.4, -0.2) is 16.7 Å². The first kappa shape index (κ1) is 9.38. The molecular weight excluding hydrogens is 164 g/mol. The number of nitrogen functional groups attached to an aromatic ring is 1. The number of aromatic nitrogens is 2. The van der Waals surface area contributed by atoms with Gasteiger partial charge in [-0.25, -0.2) is 9.97 Å². The Morgan fingerprint density at radius 1 is 1.62 bits per heavy atom. The van der Waals surface area contributed by atoms with Gasteiger partial charge in [-0.2, -0.15) is 0 Å². The van der Waals surface area contributed by atoms with Gasteiger partial charge in [0.1, 0.15) is 0 Å². The summed E-state index contributed by atoms with van der Waals surface area (Å²) in [6.07, 6.45) is 6.14. The third-order valence-electron chi connectivity index (χ3n) is 1.54. The predicted molar refractivity (Wildman–Crippen MR) is 54.3 cm³/mol. The summed E-state index contributed by atoms with van der Waals surface area (Å²) in [5.74, 6) is 0.267. The number of aliphatic imine (C=N–C) groups is 1. The van der Waals surface area contributed by atoms with E-state index in [0.29, 0.717) is 0 Å². The van der Waals surface area contributed by atoms with Crippen LogP contribution >= 0.6 is 0 Å². The smallest absolute Gasteiger partial charge is 0.219 e. The lowest BCUT2D eigenvalue weighted by molar-refractivity contribution is 1.16. The Morgan fingerprint density at radius 2 is 2.23 bits per heavy atom. The number of rotatable bonds is 3. The second-order valence-corrected chi connectivity index (χ2v) is 2.49. The van der Waals surface area contributed by atoms with Crippen LogP contribution in [0.3, 0.4) is 0 Å². The Labute approximate surface area is 77.2 Å². The van der Waals surface area contributed by atoms with Crippen molar-refractivity contribution in [2.24, 2.45) is 4.99 Å². The van der Waals surface area contributed by atoms with E-state index >= 15 is 0 Å². The van der Waals surface area contributed by atoms with Crippen LogP contribution in [0.1, 0.15) is 18.9 Å². The summed E-state index contributed by atoms with van der Waals surface area (Å²) in [6.45, 7) is 5.50. The molecule has 0 saturated carbocycles. The summed E-state index contributed by atoms with van der Waals surface area (Å²) in [6, 6.07) is 0. The van der Waals surface area contributed by atoms with Crippen LogP contribution < -0.4 is 5.73 Å². The van der Waals surface area contributed by atoms with Gasteiger partial charge in [0.25, 0.3) is 0 Å². The molecule has 0 radical (unpaired) electrons. The van der Waals surface area contributed by atoms with Crippen molar-refractivity contribution < 1.29 is 0 Å². The molecule has 1 aromatic heterocycles. The molecule has 1 aromatic rings. The standard InChI is InChI=1S/C9H12N4/c1-3-4-8(11-2)7-5-12-9(10)13-6-7/h4-6H,2-3H2,1H3,(H2,10,12,13)/b8-4-. The maximum atomic E-state index is 5.35. The summed E-state index contributed by atoms with van der Waals surface area (Å²) in [5.41, 5.74) is 6.99. The van der Waals surface area contributed by atoms with E-state index in [1.165, 1.54) is 0 Å². The summed E-state index contributed by atoms with van der Waals surface area (Å²) in [5, 5.41) is 0. The van der Waals surface area contributed by atoms with Gasteiger partial charge in [0.15, 0.2) is 0 Å². The van der Waals surface area contributed by atoms with Crippen molar-refractivity contribution in [1.29, 1.82) is 0 Å². The maximum absolute atomic E-state index is 5.35. The number of nitrogens with zero attached hydrogens (tertiary/aromatic N) is 3. The predicted octanol–water partition coefficient (Wildman–Crippen LogP) is 1.51. The molecule has 4 heteroatoms. The molecule has 4 nitrogen and oxygen atoms in total. The fraction of sp³-hybridized carbons (Fsp3) is 0.222. The summed E-state index contributed by atoms with van der Waals surface area (Å²) in [4.78, 5) is 11.6. The molecule has 0 saturated heterocycles. The minimum Gasteiger partial charge on any atom is -0.368 e. The highest BCUT2D eigenvalue weighted by Gasteiger charge is 1.98. The van der Waals surface area contributed by atoms with E-state index in [4.69, 9.17) is 5.73 Å². The number of hydrogen-bond donors (Lipinski definition) is 1. The zero-order chi connectivity index (χ0) is 9.68. The van der Waals surface area contributed by atoms with E-state index in [0.717, 1.165) is 17.7 Å². The van der Waals surface area contributed by atoms with Crippen molar-refractivity contribution in [2.75, 3.05) is 5.73 Å². The highest BCUT2D eigenvalue weighted by atomic mass is 15.0. The van der Waals surface area contributed by atoms with Crippen molar-refractivity contribution in [2.45, 2.75) is 13.3 Å². The Hall–Kier alpha value is -1.71. The van der Waals surface area contributed by atoms with Crippen molar-refractivity contribution in [3.05, 3.63) is 24.0 Å². The molecule has 68 valence electrons. The van der Waals surface area contributed by atoms with E-state index in [-0.39, 0.29) is 5.95 Å². The zero-order valence-electron chi connectivity index (χ0n) is 7.57. The molecule has 0 amide bonds. The molecule has 0 fully saturated rings. The van der Waals surface area contributed by atoms with Gasteiger partial charge < -0.3 is 5.73 Å². The lowest BCUT2D eigenvalue weighted by Crippen LogP contribution is -1.94. The van der Waals surface area contributed by atoms with Gasteiger partial charge in [0.05, 0.1) is 5.70 Å². The molecule has 0 spiro atoms. The van der Waals surface area contributed by atoms with Crippen molar-refractivity contribution in [1.82, 2.24) is 9.97 Å². The van der Waals surface area contributed by atoms with E-state index in [9.17, 15) is 0 Å². The molecule has 1 rings (SSSR count). The van der Waals surface area contributed by atoms with Gasteiger partial charge in [-0.1, -0.05) is 13.0 Å². The molecule has 0 bridgehead atoms. The van der Waals surface area contributed by atoms with Crippen LogP contribution in [-0.2, 0) is 0 Å². The van der Waals surface area contributed by atoms with Crippen molar-refractivity contribution in [3.63, 3.8) is 0 Å². The van der Waals surface area contributed by atoms with Crippen LogP contribution in [0.4, 0.5) is 5.95 Å². The molecule has 0 aliphatic heterocycles. The first-order chi connectivity index (χ1) is 6.27. The lowest BCUT2D eigenvalue weighted by Gasteiger charge is -1.99. The molecular formula is C9H12N4. The Kier molecular flexibility index (Phi) is 3.14. The SMILES string of the molecule is C=N/C(=C\CC)c1cnc(N)nc1. The minimum atomic E-state index is 0.267. The third-order valence-corrected chi connectivity index (χ3v) is 1.54. The fourth-order valence-corrected chi connectivity index (χ4v) is 0.937. The van der Waals surface area contributed by atoms with Gasteiger partial charge in [-0.05, 0) is 13.1 Å². The van der Waals surface area contributed by atoms with Gasteiger partial charge in [-0.3, -0.25) is 4.99 Å². The molecule has 0 atom stereocenters. The van der Waals surface area contributed by atoms with E-state index in [2.05, 4.69) is 21.7 Å². The Morgan fingerprint density at radius 3 is 2.69 bits per heavy atom. The van der Waals surface area contributed by atoms with Gasteiger partial charge in [0, 0.05) is 18.0 Å². The average Bonchev–Trinajstić information content (AvgIpc) is 2.16. The maximum Gasteiger partial charge on any atom is 0.219 e. The van der Waals surface area contributed by atoms with E-state index in [1.807, 2.05) is 13.0 Å². The van der Waals surface area contributed by atoms with Gasteiger partial charge >= 0.3 is 0 Å². The normalized spacial score (nSPS) is 11.3. The molecule has 0 aliphatic rings. The third kappa shape index (κ3) is 2.37. The van der Waals surface area contributed by atoms with Crippen LogP contribution in [0.15, 0.2) is 23.5 Å². The minimum absolute atomic E-state index is 0.267. The van der Waals surface area contributed by atoms with Crippen molar-refractivity contribution in [3.8, 4) is 0 Å². The summed E-state index contributed by atoms with van der Waals surface area (Å²) < 4.78 is 0. The topological polar surface area (TPSA) is 64.2 Å². The van der Waals surface area contributed by atoms with E-state index < -0.39 is 0 Å². The number of anilines is 1. The number of allylic oxidation sites excluding steroid dienone is 1. The number of hydrogen-bond acceptors (Lipinski definition) is 4. The highest BCUT2D eigenvalue weighted by Crippen LogP contribution is 2.13. The lowest BCUT2D eigenvalue weighted by atomic mass is 10.2. The van der Waals surface area contributed by atoms with Crippen LogP contribution in [0.5, 0.6) is 0 Å². The Bertz CT molecular complexity index is 313. The van der Waals surface area contributed by atoms with Crippen molar-refractivity contribution >= 4 is 18.4 Å². The second-order valence-electron chi connectivity index (χ2n) is 2.49. The molecule has 13 heavy (non-hydrogen) atoms. The molecule has 2 N–H and O–H groups in total. The zero-order valence-corrected chi connectivity index (χ0v) is 7.57. The molecule has 0 aliphatic carbocycles. The fourth-order valence-electron chi connectivity index (χ4n) is 0.937. The van der Waals surface area contributed by atoms with Gasteiger partial charge in [-0.15, -0.1) is 0 Å². The van der Waals surface area contributed by atoms with Gasteiger partial charge in [0.2, 0.25) is 5.95 Å². The highest BCUT2D eigenvalue weighted by molar-refractivity contribution is 5.66. The van der Waals surface area contributed by atoms with Crippen LogP contribution in [0, 0.1) is 0 Å². The summed E-state index contributed by atoms with van der Waals surface area (Å²) >= 11 is 0. The first-order valence-corrected chi connectivity index (χ1v) is 4.02. The quantitative estimate of drug-likeness (QED) is 0.710.